The number of rotatable bonds is 8. The SMILES string of the molecule is COCC(O)CCNC(C)c1ccc(NC(N)=O)cc1. The molecule has 2 atom stereocenters. The van der Waals surface area contributed by atoms with Gasteiger partial charge in [0.05, 0.1) is 12.7 Å². The minimum absolute atomic E-state index is 0.160. The maximum Gasteiger partial charge on any atom is 0.316 e. The number of benzene rings is 1. The number of methoxy groups -OCH3 is 1. The third kappa shape index (κ3) is 6.01. The topological polar surface area (TPSA) is 96.6 Å². The molecule has 5 N–H and O–H groups in total. The van der Waals surface area contributed by atoms with E-state index in [1.165, 1.54) is 0 Å². The van der Waals surface area contributed by atoms with E-state index in [0.29, 0.717) is 25.3 Å². The lowest BCUT2D eigenvalue weighted by Crippen LogP contribution is -2.25. The van der Waals surface area contributed by atoms with Crippen molar-refractivity contribution in [3.63, 3.8) is 0 Å². The zero-order valence-corrected chi connectivity index (χ0v) is 11.9. The van der Waals surface area contributed by atoms with Gasteiger partial charge in [0, 0.05) is 18.8 Å². The summed E-state index contributed by atoms with van der Waals surface area (Å²) in [5.41, 5.74) is 6.81. The van der Waals surface area contributed by atoms with Crippen LogP contribution < -0.4 is 16.4 Å². The van der Waals surface area contributed by atoms with E-state index in [4.69, 9.17) is 10.5 Å². The first-order valence-corrected chi connectivity index (χ1v) is 6.59. The Kier molecular flexibility index (Phi) is 7.00. The van der Waals surface area contributed by atoms with Crippen LogP contribution in [-0.4, -0.2) is 37.5 Å². The number of carbonyl (C=O) groups is 1. The fourth-order valence-corrected chi connectivity index (χ4v) is 1.86. The normalized spacial score (nSPS) is 13.8. The molecule has 0 bridgehead atoms. The van der Waals surface area contributed by atoms with Gasteiger partial charge in [-0.05, 0) is 37.6 Å². The lowest BCUT2D eigenvalue weighted by atomic mass is 10.1. The van der Waals surface area contributed by atoms with Crippen molar-refractivity contribution in [3.05, 3.63) is 29.8 Å². The predicted molar refractivity (Wildman–Crippen MR) is 78.6 cm³/mol. The molecule has 1 aromatic rings. The van der Waals surface area contributed by atoms with Crippen LogP contribution in [0.25, 0.3) is 0 Å². The molecule has 0 aliphatic heterocycles. The van der Waals surface area contributed by atoms with Gasteiger partial charge in [0.2, 0.25) is 0 Å². The van der Waals surface area contributed by atoms with Gasteiger partial charge in [-0.2, -0.15) is 0 Å². The van der Waals surface area contributed by atoms with Crippen LogP contribution in [0.5, 0.6) is 0 Å². The summed E-state index contributed by atoms with van der Waals surface area (Å²) in [5, 5.41) is 15.4. The summed E-state index contributed by atoms with van der Waals surface area (Å²) in [6.07, 6.45) is 0.196. The number of hydrogen-bond acceptors (Lipinski definition) is 4. The van der Waals surface area contributed by atoms with Crippen molar-refractivity contribution < 1.29 is 14.6 Å². The van der Waals surface area contributed by atoms with E-state index in [0.717, 1.165) is 5.56 Å². The third-order valence-corrected chi connectivity index (χ3v) is 2.97. The number of urea groups is 1. The average Bonchev–Trinajstić information content (AvgIpc) is 2.39. The fraction of sp³-hybridized carbons (Fsp3) is 0.500. The summed E-state index contributed by atoms with van der Waals surface area (Å²) in [5.74, 6) is 0. The summed E-state index contributed by atoms with van der Waals surface area (Å²) in [7, 11) is 1.57. The van der Waals surface area contributed by atoms with E-state index < -0.39 is 12.1 Å². The zero-order valence-electron chi connectivity index (χ0n) is 11.9. The van der Waals surface area contributed by atoms with Gasteiger partial charge in [-0.1, -0.05) is 12.1 Å². The second-order valence-electron chi connectivity index (χ2n) is 4.68. The highest BCUT2D eigenvalue weighted by Gasteiger charge is 2.07. The molecule has 0 aliphatic carbocycles. The zero-order chi connectivity index (χ0) is 15.0. The molecule has 6 nitrogen and oxygen atoms in total. The summed E-state index contributed by atoms with van der Waals surface area (Å²) in [6, 6.07) is 7.04. The van der Waals surface area contributed by atoms with Crippen LogP contribution in [0.1, 0.15) is 24.9 Å². The van der Waals surface area contributed by atoms with E-state index in [1.807, 2.05) is 19.1 Å². The van der Waals surface area contributed by atoms with E-state index in [-0.39, 0.29) is 6.04 Å². The highest BCUT2D eigenvalue weighted by molar-refractivity contribution is 5.87. The quantitative estimate of drug-likeness (QED) is 0.576. The molecule has 20 heavy (non-hydrogen) atoms. The Balaban J connectivity index is 2.39. The molecular formula is C14H23N3O3. The van der Waals surface area contributed by atoms with Crippen LogP contribution >= 0.6 is 0 Å². The van der Waals surface area contributed by atoms with Crippen molar-refractivity contribution in [3.8, 4) is 0 Å². The maximum absolute atomic E-state index is 10.7. The molecule has 2 unspecified atom stereocenters. The third-order valence-electron chi connectivity index (χ3n) is 2.97. The number of nitrogens with two attached hydrogens (primary N) is 1. The second kappa shape index (κ2) is 8.52. The van der Waals surface area contributed by atoms with Crippen LogP contribution in [0.2, 0.25) is 0 Å². The molecular weight excluding hydrogens is 258 g/mol. The first-order valence-electron chi connectivity index (χ1n) is 6.59. The first-order chi connectivity index (χ1) is 9.52. The van der Waals surface area contributed by atoms with E-state index in [9.17, 15) is 9.90 Å². The molecule has 0 spiro atoms. The molecule has 0 saturated heterocycles. The van der Waals surface area contributed by atoms with Gasteiger partial charge in [-0.15, -0.1) is 0 Å². The van der Waals surface area contributed by atoms with Gasteiger partial charge in [0.25, 0.3) is 0 Å². The van der Waals surface area contributed by atoms with Gasteiger partial charge < -0.3 is 26.2 Å². The van der Waals surface area contributed by atoms with Crippen molar-refractivity contribution in [2.24, 2.45) is 5.73 Å². The summed E-state index contributed by atoms with van der Waals surface area (Å²) in [6.45, 7) is 3.09. The number of hydrogen-bond donors (Lipinski definition) is 4. The number of primary amides is 1. The van der Waals surface area contributed by atoms with Crippen LogP contribution in [-0.2, 0) is 4.74 Å². The van der Waals surface area contributed by atoms with E-state index in [1.54, 1.807) is 19.2 Å². The van der Waals surface area contributed by atoms with Crippen molar-refractivity contribution in [2.45, 2.75) is 25.5 Å². The minimum Gasteiger partial charge on any atom is -0.391 e. The van der Waals surface area contributed by atoms with Crippen molar-refractivity contribution >= 4 is 11.7 Å². The number of aliphatic hydroxyl groups excluding tert-OH is 1. The van der Waals surface area contributed by atoms with Crippen molar-refractivity contribution in [1.29, 1.82) is 0 Å². The maximum atomic E-state index is 10.7. The molecule has 0 fully saturated rings. The number of carbonyl (C=O) groups excluding carboxylic acids is 1. The van der Waals surface area contributed by atoms with E-state index in [2.05, 4.69) is 10.6 Å². The molecule has 2 amide bonds. The largest absolute Gasteiger partial charge is 0.391 e. The molecule has 112 valence electrons. The molecule has 0 aliphatic rings. The fourth-order valence-electron chi connectivity index (χ4n) is 1.86. The van der Waals surface area contributed by atoms with Gasteiger partial charge in [-0.3, -0.25) is 0 Å². The number of anilines is 1. The van der Waals surface area contributed by atoms with Crippen LogP contribution in [0.3, 0.4) is 0 Å². The Hall–Kier alpha value is -1.63. The summed E-state index contributed by atoms with van der Waals surface area (Å²) < 4.78 is 4.87. The van der Waals surface area contributed by atoms with Gasteiger partial charge in [0.1, 0.15) is 0 Å². The molecule has 1 rings (SSSR count). The highest BCUT2D eigenvalue weighted by Crippen LogP contribution is 2.15. The summed E-state index contributed by atoms with van der Waals surface area (Å²) >= 11 is 0. The lowest BCUT2D eigenvalue weighted by Gasteiger charge is -2.16. The van der Waals surface area contributed by atoms with Crippen LogP contribution in [0.15, 0.2) is 24.3 Å². The predicted octanol–water partition coefficient (Wildman–Crippen LogP) is 1.23. The number of aliphatic hydroxyl groups is 1. The molecule has 0 radical (unpaired) electrons. The Bertz CT molecular complexity index is 409. The number of nitrogens with one attached hydrogen (secondary N) is 2. The second-order valence-corrected chi connectivity index (χ2v) is 4.68. The molecule has 1 aromatic carbocycles. The number of ether oxygens (including phenoxy) is 1. The molecule has 0 saturated carbocycles. The number of amides is 2. The van der Waals surface area contributed by atoms with Gasteiger partial charge in [-0.25, -0.2) is 4.79 Å². The Morgan fingerprint density at radius 2 is 2.05 bits per heavy atom. The average molecular weight is 281 g/mol. The first kappa shape index (κ1) is 16.4. The Morgan fingerprint density at radius 3 is 2.60 bits per heavy atom. The van der Waals surface area contributed by atoms with Gasteiger partial charge >= 0.3 is 6.03 Å². The van der Waals surface area contributed by atoms with Gasteiger partial charge in [0.15, 0.2) is 0 Å². The Labute approximate surface area is 119 Å². The van der Waals surface area contributed by atoms with Crippen LogP contribution in [0, 0.1) is 0 Å². The molecule has 6 heteroatoms. The minimum atomic E-state index is -0.573. The summed E-state index contributed by atoms with van der Waals surface area (Å²) in [4.78, 5) is 10.7. The van der Waals surface area contributed by atoms with Crippen LogP contribution in [0.4, 0.5) is 10.5 Å². The van der Waals surface area contributed by atoms with Crippen molar-refractivity contribution in [1.82, 2.24) is 5.32 Å². The highest BCUT2D eigenvalue weighted by atomic mass is 16.5. The lowest BCUT2D eigenvalue weighted by molar-refractivity contribution is 0.0590. The standard InChI is InChI=1S/C14H23N3O3/c1-10(16-8-7-13(18)9-20-2)11-3-5-12(6-4-11)17-14(15)19/h3-6,10,13,16,18H,7-9H2,1-2H3,(H3,15,17,19). The monoisotopic (exact) mass is 281 g/mol. The Morgan fingerprint density at radius 1 is 1.40 bits per heavy atom. The van der Waals surface area contributed by atoms with E-state index >= 15 is 0 Å². The van der Waals surface area contributed by atoms with Crippen molar-refractivity contribution in [2.75, 3.05) is 25.6 Å². The smallest absolute Gasteiger partial charge is 0.316 e. The molecule has 0 heterocycles. The molecule has 0 aromatic heterocycles.